The van der Waals surface area contributed by atoms with Gasteiger partial charge in [-0.25, -0.2) is 14.3 Å². The molecule has 0 atom stereocenters. The van der Waals surface area contributed by atoms with Gasteiger partial charge in [0.05, 0.1) is 19.3 Å². The second kappa shape index (κ2) is 7.90. The van der Waals surface area contributed by atoms with Gasteiger partial charge in [-0.2, -0.15) is 4.68 Å². The van der Waals surface area contributed by atoms with E-state index < -0.39 is 11.2 Å². The summed E-state index contributed by atoms with van der Waals surface area (Å²) in [4.78, 5) is 41.5. The van der Waals surface area contributed by atoms with Crippen LogP contribution in [0, 0.1) is 6.92 Å². The van der Waals surface area contributed by atoms with E-state index in [0.717, 1.165) is 9.25 Å². The quantitative estimate of drug-likeness (QED) is 0.522. The van der Waals surface area contributed by atoms with Gasteiger partial charge >= 0.3 is 11.2 Å². The summed E-state index contributed by atoms with van der Waals surface area (Å²) in [5.74, 6) is 0.0375. The predicted octanol–water partition coefficient (Wildman–Crippen LogP) is 1.86. The summed E-state index contributed by atoms with van der Waals surface area (Å²) >= 11 is 0. The number of fused-ring (bicyclic) bond motifs is 1. The number of amides is 1. The van der Waals surface area contributed by atoms with E-state index in [-0.39, 0.29) is 18.3 Å². The van der Waals surface area contributed by atoms with Crippen molar-refractivity contribution in [3.05, 3.63) is 74.8 Å². The molecular formula is C21H19N5O5. The van der Waals surface area contributed by atoms with Gasteiger partial charge in [0.2, 0.25) is 5.91 Å². The monoisotopic (exact) mass is 421 g/mol. The van der Waals surface area contributed by atoms with Crippen molar-refractivity contribution in [1.82, 2.24) is 19.3 Å². The van der Waals surface area contributed by atoms with E-state index in [1.807, 2.05) is 0 Å². The van der Waals surface area contributed by atoms with E-state index in [0.29, 0.717) is 33.9 Å². The van der Waals surface area contributed by atoms with Gasteiger partial charge in [0.15, 0.2) is 11.5 Å². The van der Waals surface area contributed by atoms with E-state index in [1.54, 1.807) is 49.4 Å². The molecule has 158 valence electrons. The third-order valence-electron chi connectivity index (χ3n) is 4.54. The van der Waals surface area contributed by atoms with Crippen molar-refractivity contribution < 1.29 is 13.9 Å². The van der Waals surface area contributed by atoms with Crippen LogP contribution in [0.2, 0.25) is 0 Å². The average molecular weight is 421 g/mol. The van der Waals surface area contributed by atoms with Crippen LogP contribution in [0.5, 0.6) is 5.88 Å². The molecule has 0 bridgehead atoms. The van der Waals surface area contributed by atoms with Gasteiger partial charge in [-0.05, 0) is 35.9 Å². The SMILES string of the molecule is COc1nn(-c2cccc(NC(C)=O)c2)c(=O)n(Cc2ccc3nc(C)oc3c2)c1=O. The predicted molar refractivity (Wildman–Crippen MR) is 113 cm³/mol. The molecule has 10 heteroatoms. The van der Waals surface area contributed by atoms with Gasteiger partial charge in [-0.1, -0.05) is 12.1 Å². The summed E-state index contributed by atoms with van der Waals surface area (Å²) in [6.45, 7) is 3.11. The number of nitrogens with zero attached hydrogens (tertiary/aromatic N) is 4. The zero-order chi connectivity index (χ0) is 22.1. The Balaban J connectivity index is 1.82. The van der Waals surface area contributed by atoms with Gasteiger partial charge in [-0.15, -0.1) is 5.10 Å². The number of methoxy groups -OCH3 is 1. The number of hydrogen-bond acceptors (Lipinski definition) is 7. The van der Waals surface area contributed by atoms with Crippen LogP contribution < -0.4 is 21.3 Å². The Kier molecular flexibility index (Phi) is 5.12. The first kappa shape index (κ1) is 20.1. The van der Waals surface area contributed by atoms with Crippen LogP contribution >= 0.6 is 0 Å². The fourth-order valence-electron chi connectivity index (χ4n) is 3.21. The third-order valence-corrected chi connectivity index (χ3v) is 4.54. The molecule has 4 aromatic rings. The second-order valence-electron chi connectivity index (χ2n) is 6.86. The average Bonchev–Trinajstić information content (AvgIpc) is 3.10. The van der Waals surface area contributed by atoms with E-state index in [4.69, 9.17) is 9.15 Å². The van der Waals surface area contributed by atoms with Crippen LogP contribution in [0.3, 0.4) is 0 Å². The lowest BCUT2D eigenvalue weighted by Crippen LogP contribution is -2.41. The third kappa shape index (κ3) is 3.95. The number of carbonyl (C=O) groups is 1. The highest BCUT2D eigenvalue weighted by atomic mass is 16.5. The van der Waals surface area contributed by atoms with Crippen molar-refractivity contribution in [1.29, 1.82) is 0 Å². The Morgan fingerprint density at radius 1 is 1.19 bits per heavy atom. The van der Waals surface area contributed by atoms with Gasteiger partial charge in [0.25, 0.3) is 5.88 Å². The maximum Gasteiger partial charge on any atom is 0.352 e. The highest BCUT2D eigenvalue weighted by Gasteiger charge is 2.16. The van der Waals surface area contributed by atoms with Crippen LogP contribution in [0.4, 0.5) is 5.69 Å². The number of ether oxygens (including phenoxy) is 1. The summed E-state index contributed by atoms with van der Waals surface area (Å²) in [7, 11) is 1.31. The fourth-order valence-corrected chi connectivity index (χ4v) is 3.21. The molecule has 2 aromatic heterocycles. The Hall–Kier alpha value is -4.21. The fraction of sp³-hybridized carbons (Fsp3) is 0.190. The molecule has 0 aliphatic rings. The molecule has 2 heterocycles. The molecule has 0 unspecified atom stereocenters. The van der Waals surface area contributed by atoms with Crippen LogP contribution in [-0.2, 0) is 11.3 Å². The van der Waals surface area contributed by atoms with Crippen molar-refractivity contribution >= 4 is 22.7 Å². The molecule has 0 aliphatic heterocycles. The first-order chi connectivity index (χ1) is 14.9. The molecule has 0 spiro atoms. The molecule has 0 saturated heterocycles. The zero-order valence-corrected chi connectivity index (χ0v) is 17.1. The standard InChI is InChI=1S/C21H19N5O5/c1-12(27)22-15-5-4-6-16(10-15)26-21(29)25(20(28)19(24-26)30-3)11-14-7-8-17-18(9-14)31-13(2)23-17/h4-10H,11H2,1-3H3,(H,22,27). The van der Waals surface area contributed by atoms with Gasteiger partial charge in [0, 0.05) is 19.5 Å². The summed E-state index contributed by atoms with van der Waals surface area (Å²) in [6, 6.07) is 11.8. The van der Waals surface area contributed by atoms with Gasteiger partial charge in [-0.3, -0.25) is 9.59 Å². The van der Waals surface area contributed by atoms with E-state index in [1.165, 1.54) is 14.0 Å². The van der Waals surface area contributed by atoms with Crippen molar-refractivity contribution in [2.45, 2.75) is 20.4 Å². The van der Waals surface area contributed by atoms with Gasteiger partial charge < -0.3 is 14.5 Å². The topological polar surface area (TPSA) is 121 Å². The van der Waals surface area contributed by atoms with Crippen molar-refractivity contribution in [2.24, 2.45) is 0 Å². The molecule has 1 N–H and O–H groups in total. The van der Waals surface area contributed by atoms with E-state index >= 15 is 0 Å². The Bertz CT molecular complexity index is 1420. The zero-order valence-electron chi connectivity index (χ0n) is 17.1. The van der Waals surface area contributed by atoms with Crippen LogP contribution in [0.15, 0.2) is 56.5 Å². The van der Waals surface area contributed by atoms with Crippen molar-refractivity contribution in [3.63, 3.8) is 0 Å². The number of oxazole rings is 1. The molecule has 0 saturated carbocycles. The lowest BCUT2D eigenvalue weighted by Gasteiger charge is -2.12. The highest BCUT2D eigenvalue weighted by Crippen LogP contribution is 2.17. The molecule has 1 amide bonds. The lowest BCUT2D eigenvalue weighted by molar-refractivity contribution is -0.114. The normalized spacial score (nSPS) is 10.9. The molecule has 31 heavy (non-hydrogen) atoms. The first-order valence-electron chi connectivity index (χ1n) is 9.38. The number of aryl methyl sites for hydroxylation is 1. The second-order valence-corrected chi connectivity index (χ2v) is 6.86. The molecule has 0 fully saturated rings. The minimum atomic E-state index is -0.657. The summed E-state index contributed by atoms with van der Waals surface area (Å²) in [6.07, 6.45) is 0. The number of anilines is 1. The minimum absolute atomic E-state index is 0.0162. The number of aromatic nitrogens is 4. The van der Waals surface area contributed by atoms with Crippen LogP contribution in [-0.4, -0.2) is 32.3 Å². The molecule has 10 nitrogen and oxygen atoms in total. The molecule has 0 radical (unpaired) electrons. The number of benzene rings is 2. The number of rotatable bonds is 5. The van der Waals surface area contributed by atoms with Gasteiger partial charge in [0.1, 0.15) is 5.52 Å². The summed E-state index contributed by atoms with van der Waals surface area (Å²) in [5, 5.41) is 6.69. The summed E-state index contributed by atoms with van der Waals surface area (Å²) in [5.41, 5.74) is 1.47. The van der Waals surface area contributed by atoms with Crippen molar-refractivity contribution in [2.75, 3.05) is 12.4 Å². The van der Waals surface area contributed by atoms with Crippen LogP contribution in [0.1, 0.15) is 18.4 Å². The summed E-state index contributed by atoms with van der Waals surface area (Å²) < 4.78 is 12.7. The highest BCUT2D eigenvalue weighted by molar-refractivity contribution is 5.88. The maximum absolute atomic E-state index is 13.1. The number of carbonyl (C=O) groups excluding carboxylic acids is 1. The van der Waals surface area contributed by atoms with Crippen molar-refractivity contribution in [3.8, 4) is 11.6 Å². The molecule has 4 rings (SSSR count). The Morgan fingerprint density at radius 2 is 2.00 bits per heavy atom. The molecule has 2 aromatic carbocycles. The Labute approximate surface area is 175 Å². The Morgan fingerprint density at radius 3 is 2.74 bits per heavy atom. The maximum atomic E-state index is 13.1. The largest absolute Gasteiger partial charge is 0.476 e. The van der Waals surface area contributed by atoms with E-state index in [9.17, 15) is 14.4 Å². The molecular weight excluding hydrogens is 402 g/mol. The van der Waals surface area contributed by atoms with E-state index in [2.05, 4.69) is 15.4 Å². The van der Waals surface area contributed by atoms with Crippen LogP contribution in [0.25, 0.3) is 16.8 Å². The smallest absolute Gasteiger partial charge is 0.352 e. The number of hydrogen-bond donors (Lipinski definition) is 1. The minimum Gasteiger partial charge on any atom is -0.476 e. The number of nitrogens with one attached hydrogen (secondary N) is 1. The molecule has 0 aliphatic carbocycles. The first-order valence-corrected chi connectivity index (χ1v) is 9.38. The lowest BCUT2D eigenvalue weighted by atomic mass is 10.2.